The molecule has 4 aromatic rings. The van der Waals surface area contributed by atoms with Gasteiger partial charge >= 0.3 is 0 Å². The molecule has 4 rings (SSSR count). The number of hydrogen-bond acceptors (Lipinski definition) is 4. The molecular formula is C19H17N5O. The van der Waals surface area contributed by atoms with Crippen molar-refractivity contribution >= 4 is 33.8 Å². The summed E-state index contributed by atoms with van der Waals surface area (Å²) in [6.45, 7) is 0. The molecule has 6 nitrogen and oxygen atoms in total. The van der Waals surface area contributed by atoms with Crippen LogP contribution in [0.2, 0.25) is 0 Å². The Morgan fingerprint density at radius 1 is 1.12 bits per heavy atom. The molecule has 0 bridgehead atoms. The molecule has 0 radical (unpaired) electrons. The maximum absolute atomic E-state index is 12.6. The summed E-state index contributed by atoms with van der Waals surface area (Å²) in [6, 6.07) is 15.6. The molecule has 2 aromatic carbocycles. The highest BCUT2D eigenvalue weighted by atomic mass is 16.1. The lowest BCUT2D eigenvalue weighted by Gasteiger charge is -2.11. The molecule has 2 heterocycles. The fourth-order valence-electron chi connectivity index (χ4n) is 2.77. The highest BCUT2D eigenvalue weighted by molar-refractivity contribution is 6.04. The summed E-state index contributed by atoms with van der Waals surface area (Å²) in [5, 5.41) is 5.19. The SMILES string of the molecule is CN(C)c1ccc(/C=N\n2cnc3c([nH]c4ccccc43)c2=O)cc1. The van der Waals surface area contributed by atoms with E-state index >= 15 is 0 Å². The monoisotopic (exact) mass is 331 g/mol. The molecule has 1 N–H and O–H groups in total. The van der Waals surface area contributed by atoms with Crippen molar-refractivity contribution in [1.82, 2.24) is 14.6 Å². The van der Waals surface area contributed by atoms with Gasteiger partial charge in [0.2, 0.25) is 0 Å². The number of H-pyrrole nitrogens is 1. The van der Waals surface area contributed by atoms with E-state index in [1.807, 2.05) is 67.5 Å². The number of aromatic amines is 1. The van der Waals surface area contributed by atoms with E-state index < -0.39 is 0 Å². The molecule has 6 heteroatoms. The number of nitrogens with one attached hydrogen (secondary N) is 1. The molecule has 0 amide bonds. The van der Waals surface area contributed by atoms with Crippen molar-refractivity contribution < 1.29 is 0 Å². The van der Waals surface area contributed by atoms with Crippen molar-refractivity contribution in [2.24, 2.45) is 5.10 Å². The predicted molar refractivity (Wildman–Crippen MR) is 102 cm³/mol. The second kappa shape index (κ2) is 5.90. The van der Waals surface area contributed by atoms with Crippen LogP contribution < -0.4 is 10.5 Å². The topological polar surface area (TPSA) is 66.3 Å². The molecule has 0 fully saturated rings. The first-order chi connectivity index (χ1) is 12.1. The first kappa shape index (κ1) is 15.1. The zero-order valence-electron chi connectivity index (χ0n) is 14.0. The minimum atomic E-state index is -0.220. The molecule has 0 atom stereocenters. The number of para-hydroxylation sites is 1. The van der Waals surface area contributed by atoms with E-state index in [9.17, 15) is 4.79 Å². The second-order valence-electron chi connectivity index (χ2n) is 6.02. The Labute approximate surface area is 144 Å². The van der Waals surface area contributed by atoms with E-state index in [2.05, 4.69) is 15.1 Å². The predicted octanol–water partition coefficient (Wildman–Crippen LogP) is 2.83. The average molecular weight is 331 g/mol. The van der Waals surface area contributed by atoms with Crippen LogP contribution in [0.4, 0.5) is 5.69 Å². The van der Waals surface area contributed by atoms with Gasteiger partial charge in [-0.25, -0.2) is 4.98 Å². The zero-order valence-corrected chi connectivity index (χ0v) is 14.0. The molecule has 124 valence electrons. The summed E-state index contributed by atoms with van der Waals surface area (Å²) in [7, 11) is 3.98. The molecule has 0 unspecified atom stereocenters. The number of fused-ring (bicyclic) bond motifs is 3. The zero-order chi connectivity index (χ0) is 17.4. The largest absolute Gasteiger partial charge is 0.378 e. The quantitative estimate of drug-likeness (QED) is 0.587. The summed E-state index contributed by atoms with van der Waals surface area (Å²) in [5.41, 5.74) is 3.82. The number of nitrogens with zero attached hydrogens (tertiary/aromatic N) is 4. The molecule has 0 saturated carbocycles. The minimum Gasteiger partial charge on any atom is -0.378 e. The molecule has 25 heavy (non-hydrogen) atoms. The van der Waals surface area contributed by atoms with Gasteiger partial charge in [-0.3, -0.25) is 4.79 Å². The third-order valence-corrected chi connectivity index (χ3v) is 4.14. The molecule has 2 aromatic heterocycles. The van der Waals surface area contributed by atoms with Crippen LogP contribution in [-0.4, -0.2) is 35.0 Å². The Kier molecular flexibility index (Phi) is 3.57. The number of benzene rings is 2. The molecule has 0 spiro atoms. The number of rotatable bonds is 3. The standard InChI is InChI=1S/C19H17N5O/c1-23(2)14-9-7-13(8-10-14)11-21-24-12-20-17-15-5-3-4-6-16(15)22-18(17)19(24)25/h3-12,22H,1-2H3/b21-11-. The van der Waals surface area contributed by atoms with Gasteiger partial charge in [-0.1, -0.05) is 30.3 Å². The van der Waals surface area contributed by atoms with E-state index in [1.165, 1.54) is 11.0 Å². The molecule has 0 aliphatic heterocycles. The summed E-state index contributed by atoms with van der Waals surface area (Å²) in [6.07, 6.45) is 3.10. The minimum absolute atomic E-state index is 0.220. The summed E-state index contributed by atoms with van der Waals surface area (Å²) < 4.78 is 1.25. The Morgan fingerprint density at radius 2 is 1.88 bits per heavy atom. The lowest BCUT2D eigenvalue weighted by molar-refractivity contribution is 0.815. The second-order valence-corrected chi connectivity index (χ2v) is 6.02. The number of hydrogen-bond donors (Lipinski definition) is 1. The third kappa shape index (κ3) is 2.67. The van der Waals surface area contributed by atoms with Crippen molar-refractivity contribution in [2.45, 2.75) is 0 Å². The summed E-state index contributed by atoms with van der Waals surface area (Å²) in [5.74, 6) is 0. The van der Waals surface area contributed by atoms with E-state index in [0.29, 0.717) is 11.0 Å². The Balaban J connectivity index is 1.73. The highest BCUT2D eigenvalue weighted by Crippen LogP contribution is 2.20. The third-order valence-electron chi connectivity index (χ3n) is 4.14. The van der Waals surface area contributed by atoms with Crippen molar-refractivity contribution in [1.29, 1.82) is 0 Å². The summed E-state index contributed by atoms with van der Waals surface area (Å²) >= 11 is 0. The molecular weight excluding hydrogens is 314 g/mol. The van der Waals surface area contributed by atoms with E-state index in [0.717, 1.165) is 22.2 Å². The highest BCUT2D eigenvalue weighted by Gasteiger charge is 2.09. The van der Waals surface area contributed by atoms with Gasteiger partial charge in [-0.05, 0) is 23.8 Å². The first-order valence-corrected chi connectivity index (χ1v) is 7.93. The van der Waals surface area contributed by atoms with Gasteiger partial charge in [0.05, 0.1) is 6.21 Å². The molecule has 0 saturated heterocycles. The number of aromatic nitrogens is 3. The Hall–Kier alpha value is -3.41. The van der Waals surface area contributed by atoms with Crippen LogP contribution in [0.3, 0.4) is 0 Å². The fourth-order valence-corrected chi connectivity index (χ4v) is 2.77. The van der Waals surface area contributed by atoms with Crippen LogP contribution in [-0.2, 0) is 0 Å². The lowest BCUT2D eigenvalue weighted by atomic mass is 10.2. The van der Waals surface area contributed by atoms with Gasteiger partial charge in [-0.2, -0.15) is 9.78 Å². The van der Waals surface area contributed by atoms with E-state index in [4.69, 9.17) is 0 Å². The molecule has 0 aliphatic carbocycles. The van der Waals surface area contributed by atoms with Gasteiger partial charge in [0.1, 0.15) is 17.4 Å². The van der Waals surface area contributed by atoms with Crippen molar-refractivity contribution in [2.75, 3.05) is 19.0 Å². The Morgan fingerprint density at radius 3 is 2.64 bits per heavy atom. The van der Waals surface area contributed by atoms with Crippen LogP contribution in [0.25, 0.3) is 21.9 Å². The van der Waals surface area contributed by atoms with Gasteiger partial charge in [-0.15, -0.1) is 0 Å². The van der Waals surface area contributed by atoms with Gasteiger partial charge in [0, 0.05) is 30.7 Å². The van der Waals surface area contributed by atoms with Gasteiger partial charge in [0.15, 0.2) is 0 Å². The van der Waals surface area contributed by atoms with Crippen LogP contribution >= 0.6 is 0 Å². The maximum atomic E-state index is 12.6. The van der Waals surface area contributed by atoms with E-state index in [-0.39, 0.29) is 5.56 Å². The van der Waals surface area contributed by atoms with E-state index in [1.54, 1.807) is 6.21 Å². The average Bonchev–Trinajstić information content (AvgIpc) is 3.01. The Bertz CT molecular complexity index is 1140. The summed E-state index contributed by atoms with van der Waals surface area (Å²) in [4.78, 5) is 22.2. The van der Waals surface area contributed by atoms with Crippen molar-refractivity contribution in [3.63, 3.8) is 0 Å². The van der Waals surface area contributed by atoms with Crippen LogP contribution in [0.15, 0.2) is 64.8 Å². The lowest BCUT2D eigenvalue weighted by Crippen LogP contribution is -2.17. The van der Waals surface area contributed by atoms with Crippen molar-refractivity contribution in [3.8, 4) is 0 Å². The van der Waals surface area contributed by atoms with Gasteiger partial charge < -0.3 is 9.88 Å². The van der Waals surface area contributed by atoms with Crippen LogP contribution in [0, 0.1) is 0 Å². The molecule has 0 aliphatic rings. The van der Waals surface area contributed by atoms with Gasteiger partial charge in [0.25, 0.3) is 5.56 Å². The van der Waals surface area contributed by atoms with Crippen LogP contribution in [0.1, 0.15) is 5.56 Å². The van der Waals surface area contributed by atoms with Crippen LogP contribution in [0.5, 0.6) is 0 Å². The van der Waals surface area contributed by atoms with Crippen molar-refractivity contribution in [3.05, 3.63) is 70.8 Å². The smallest absolute Gasteiger partial charge is 0.298 e. The first-order valence-electron chi connectivity index (χ1n) is 7.93. The normalized spacial score (nSPS) is 11.6. The maximum Gasteiger partial charge on any atom is 0.298 e. The fraction of sp³-hybridized carbons (Fsp3) is 0.105. The number of anilines is 1.